The van der Waals surface area contributed by atoms with E-state index < -0.39 is 34.7 Å². The summed E-state index contributed by atoms with van der Waals surface area (Å²) in [6.07, 6.45) is 18.4. The number of anilines is 2. The smallest absolute Gasteiger partial charge is 0.269 e. The van der Waals surface area contributed by atoms with E-state index >= 15 is 0 Å². The number of fused-ring (bicyclic) bond motifs is 5. The molecule has 0 radical (unpaired) electrons. The first-order valence-corrected chi connectivity index (χ1v) is 33.9. The average molecular weight is 1240 g/mol. The highest BCUT2D eigenvalue weighted by Gasteiger charge is 2.59. The number of aliphatic hydroxyl groups is 1. The summed E-state index contributed by atoms with van der Waals surface area (Å²) >= 11 is 0. The number of methoxy groups -OCH3 is 1. The summed E-state index contributed by atoms with van der Waals surface area (Å²) in [6, 6.07) is 38.6. The molecule has 5 N–H and O–H groups in total. The number of nitrogens with one attached hydrogen (secondary N) is 4. The number of hydrogen-bond donors (Lipinski definition) is 5. The number of nitro groups is 1. The van der Waals surface area contributed by atoms with Crippen LogP contribution in [0.15, 0.2) is 145 Å². The number of rotatable bonds is 32. The van der Waals surface area contributed by atoms with Crippen molar-refractivity contribution in [2.45, 2.75) is 181 Å². The first-order chi connectivity index (χ1) is 44.0. The molecule has 0 spiro atoms. The van der Waals surface area contributed by atoms with Crippen molar-refractivity contribution in [2.75, 3.05) is 37.0 Å². The maximum absolute atomic E-state index is 14.6. The predicted molar refractivity (Wildman–Crippen MR) is 360 cm³/mol. The molecule has 4 amide bonds. The van der Waals surface area contributed by atoms with Crippen molar-refractivity contribution in [3.8, 4) is 5.75 Å². The Morgan fingerprint density at radius 2 is 1.38 bits per heavy atom. The fourth-order valence-electron chi connectivity index (χ4n) is 16.2. The van der Waals surface area contributed by atoms with Crippen LogP contribution >= 0.6 is 0 Å². The molecule has 5 aromatic rings. The van der Waals surface area contributed by atoms with Gasteiger partial charge in [0.05, 0.1) is 30.8 Å². The van der Waals surface area contributed by atoms with Crippen molar-refractivity contribution >= 4 is 40.7 Å². The summed E-state index contributed by atoms with van der Waals surface area (Å²) in [6.45, 7) is 13.8. The molecule has 5 aromatic carbocycles. The molecule has 15 heteroatoms. The van der Waals surface area contributed by atoms with E-state index in [0.29, 0.717) is 61.2 Å². The standard InChI is InChI=1S/C76H100N6O9/c1-52(2)17-15-18-53(3)65-38-39-66-64-37-28-58-50-63(42-44-75(58,4)67(64)43-45-76(65,66)5)91-48-16-46-77-70(84)40-41-71(85)79-69(49-54-26-31-61(32-27-54)82(88)89)74(87)80-68(73(86)78-59-29-24-55(51-83)25-30-59)23-13-14-47-81(60-33-35-62(90-6)36-34-60)72(56-19-9-7-10-20-56)57-21-11-8-12-22-57/h7-12,19-22,24-36,52-53,63-69,72,83H,13-18,23,37-51H2,1-6H3,(H,77,84)(H,78,86)(H,79,85)(H,80,87)/t53?,63-,64-,65+,66-,67-,68?,69?,75-,76+/m0/s1. The number of ether oxygens (including phenoxy) is 2. The number of hydrogen-bond acceptors (Lipinski definition) is 10. The molecule has 4 aliphatic rings. The molecular formula is C76H100N6O9. The third-order valence-corrected chi connectivity index (χ3v) is 21.2. The van der Waals surface area contributed by atoms with Crippen LogP contribution in [-0.2, 0) is 36.9 Å². The van der Waals surface area contributed by atoms with Gasteiger partial charge in [0.2, 0.25) is 23.6 Å². The maximum Gasteiger partial charge on any atom is 0.269 e. The van der Waals surface area contributed by atoms with E-state index in [2.05, 4.69) is 91.1 Å². The van der Waals surface area contributed by atoms with Crippen molar-refractivity contribution < 1.29 is 38.7 Å². The minimum Gasteiger partial charge on any atom is -0.497 e. The van der Waals surface area contributed by atoms with Crippen LogP contribution in [0.4, 0.5) is 17.1 Å². The van der Waals surface area contributed by atoms with Gasteiger partial charge in [0.25, 0.3) is 5.69 Å². The lowest BCUT2D eigenvalue weighted by Crippen LogP contribution is -2.53. The van der Waals surface area contributed by atoms with Crippen LogP contribution in [0.5, 0.6) is 5.75 Å². The van der Waals surface area contributed by atoms with Gasteiger partial charge < -0.3 is 40.7 Å². The first kappa shape index (κ1) is 68.0. The zero-order valence-electron chi connectivity index (χ0n) is 54.7. The maximum atomic E-state index is 14.6. The number of allylic oxidation sites excluding steroid dienone is 1. The second-order valence-corrected chi connectivity index (χ2v) is 27.5. The number of nitrogens with zero attached hydrogens (tertiary/aromatic N) is 2. The molecule has 4 aliphatic carbocycles. The van der Waals surface area contributed by atoms with E-state index in [1.807, 2.05) is 60.7 Å². The van der Waals surface area contributed by atoms with E-state index in [1.54, 1.807) is 36.9 Å². The lowest BCUT2D eigenvalue weighted by molar-refractivity contribution is -0.384. The van der Waals surface area contributed by atoms with Gasteiger partial charge in [0.15, 0.2) is 0 Å². The van der Waals surface area contributed by atoms with Gasteiger partial charge in [-0.25, -0.2) is 0 Å². The van der Waals surface area contributed by atoms with E-state index in [1.165, 1.54) is 75.6 Å². The Labute approximate surface area is 540 Å². The number of aliphatic hydroxyl groups excluding tert-OH is 1. The Kier molecular flexibility index (Phi) is 24.1. The molecule has 0 aromatic heterocycles. The molecule has 10 atom stereocenters. The van der Waals surface area contributed by atoms with Crippen molar-refractivity contribution in [2.24, 2.45) is 46.3 Å². The minimum absolute atomic E-state index is 0.0485. The lowest BCUT2D eigenvalue weighted by Gasteiger charge is -2.58. The van der Waals surface area contributed by atoms with Gasteiger partial charge in [-0.2, -0.15) is 0 Å². The Morgan fingerprint density at radius 1 is 0.703 bits per heavy atom. The van der Waals surface area contributed by atoms with Gasteiger partial charge in [-0.05, 0) is 182 Å². The Morgan fingerprint density at radius 3 is 2.04 bits per heavy atom. The number of carbonyl (C=O) groups is 4. The summed E-state index contributed by atoms with van der Waals surface area (Å²) < 4.78 is 12.0. The molecule has 3 fully saturated rings. The molecule has 0 heterocycles. The second-order valence-electron chi connectivity index (χ2n) is 27.5. The summed E-state index contributed by atoms with van der Waals surface area (Å²) in [7, 11) is 1.64. The summed E-state index contributed by atoms with van der Waals surface area (Å²) in [4.78, 5) is 69.5. The second kappa shape index (κ2) is 32.3. The largest absolute Gasteiger partial charge is 0.497 e. The van der Waals surface area contributed by atoms with Crippen LogP contribution in [0.25, 0.3) is 0 Å². The zero-order chi connectivity index (χ0) is 64.5. The number of unbranched alkanes of at least 4 members (excludes halogenated alkanes) is 1. The summed E-state index contributed by atoms with van der Waals surface area (Å²) in [5.74, 6) is 3.58. The molecule has 3 unspecified atom stereocenters. The molecule has 0 aliphatic heterocycles. The van der Waals surface area contributed by atoms with Gasteiger partial charge >= 0.3 is 0 Å². The van der Waals surface area contributed by atoms with E-state index in [9.17, 15) is 34.4 Å². The molecule has 91 heavy (non-hydrogen) atoms. The number of non-ortho nitro benzene ring substituents is 1. The Hall–Kier alpha value is -7.36. The summed E-state index contributed by atoms with van der Waals surface area (Å²) in [5.41, 5.74) is 7.03. The molecule has 0 saturated heterocycles. The predicted octanol–water partition coefficient (Wildman–Crippen LogP) is 14.4. The van der Waals surface area contributed by atoms with E-state index in [0.717, 1.165) is 77.3 Å². The van der Waals surface area contributed by atoms with Crippen molar-refractivity contribution in [3.05, 3.63) is 177 Å². The zero-order valence-corrected chi connectivity index (χ0v) is 54.7. The summed E-state index contributed by atoms with van der Waals surface area (Å²) in [5, 5.41) is 33.0. The minimum atomic E-state index is -1.21. The number of amides is 4. The van der Waals surface area contributed by atoms with Crippen molar-refractivity contribution in [1.82, 2.24) is 16.0 Å². The topological polar surface area (TPSA) is 201 Å². The molecule has 488 valence electrons. The van der Waals surface area contributed by atoms with Crippen LogP contribution in [0, 0.1) is 56.5 Å². The highest BCUT2D eigenvalue weighted by Crippen LogP contribution is 2.67. The van der Waals surface area contributed by atoms with Crippen LogP contribution < -0.4 is 30.9 Å². The first-order valence-electron chi connectivity index (χ1n) is 33.9. The fourth-order valence-corrected chi connectivity index (χ4v) is 16.2. The van der Waals surface area contributed by atoms with Gasteiger partial charge in [0, 0.05) is 62.5 Å². The number of carbonyl (C=O) groups excluding carboxylic acids is 4. The van der Waals surface area contributed by atoms with Crippen LogP contribution in [-0.4, -0.2) is 78.7 Å². The normalized spacial score (nSPS) is 22.7. The number of benzene rings is 5. The van der Waals surface area contributed by atoms with Gasteiger partial charge in [-0.15, -0.1) is 0 Å². The third kappa shape index (κ3) is 17.6. The molecule has 3 saturated carbocycles. The molecular weight excluding hydrogens is 1140 g/mol. The molecule has 0 bridgehead atoms. The number of nitro benzene ring substituents is 1. The third-order valence-electron chi connectivity index (χ3n) is 21.2. The van der Waals surface area contributed by atoms with E-state index in [4.69, 9.17) is 9.47 Å². The Balaban J connectivity index is 0.792. The van der Waals surface area contributed by atoms with Gasteiger partial charge in [-0.1, -0.05) is 150 Å². The van der Waals surface area contributed by atoms with Crippen LogP contribution in [0.2, 0.25) is 0 Å². The molecule has 15 nitrogen and oxygen atoms in total. The lowest BCUT2D eigenvalue weighted by atomic mass is 9.47. The van der Waals surface area contributed by atoms with Crippen LogP contribution in [0.1, 0.15) is 172 Å². The van der Waals surface area contributed by atoms with Crippen molar-refractivity contribution in [3.63, 3.8) is 0 Å². The van der Waals surface area contributed by atoms with Gasteiger partial charge in [0.1, 0.15) is 17.8 Å². The van der Waals surface area contributed by atoms with Crippen LogP contribution in [0.3, 0.4) is 0 Å². The van der Waals surface area contributed by atoms with Crippen molar-refractivity contribution in [1.29, 1.82) is 0 Å². The average Bonchev–Trinajstić information content (AvgIpc) is 1.71. The quantitative estimate of drug-likeness (QED) is 0.0119. The van der Waals surface area contributed by atoms with Gasteiger partial charge in [-0.3, -0.25) is 29.3 Å². The fraction of sp³-hybridized carbons (Fsp3) is 0.526. The van der Waals surface area contributed by atoms with E-state index in [-0.39, 0.29) is 61.4 Å². The monoisotopic (exact) mass is 1240 g/mol. The highest BCUT2D eigenvalue weighted by atomic mass is 16.6. The highest BCUT2D eigenvalue weighted by molar-refractivity contribution is 5.98. The molecule has 9 rings (SSSR count). The Bertz CT molecular complexity index is 3160. The SMILES string of the molecule is COc1ccc(N(CCCCC(NC(=O)C(Cc2ccc([N+](=O)[O-])cc2)NC(=O)CCC(=O)NCCCO[C@H]2CC[C@@]3(C)C(=CC[C@H]4[C@@H]5CC[C@H](C(C)CCCC(C)C)[C@@]5(C)CC[C@@H]43)C2)C(=O)Nc2ccc(CO)cc2)C(c2ccccc2)c2ccccc2)cc1.